The minimum Gasteiger partial charge on any atom is -0.726 e. The molecule has 2 saturated heterocycles. The molecular weight excluding hydrogens is 607 g/mol. The molecular formula is C24H31N4NaO13S. The van der Waals surface area contributed by atoms with Crippen LogP contribution in [0, 0.1) is 0 Å². The van der Waals surface area contributed by atoms with Crippen molar-refractivity contribution in [3.05, 3.63) is 36.0 Å². The standard InChI is InChI=1S/C24H32N4O13S.Na/c29-19-5-6-28(19)23(33)16-3-1-15(2-4-16)17-13-27(26-25-17)7-8-37-9-10-38-11-12-39-24-22(32)21(31)20(30)18(41-24)14-40-42(34,35)36;/h1-4,13,18,20-22,24,30-32H,5-12,14H2,(H,34,35,36);/q;+1/p-1. The Morgan fingerprint density at radius 1 is 1.02 bits per heavy atom. The second-order valence-corrected chi connectivity index (χ2v) is 10.4. The summed E-state index contributed by atoms with van der Waals surface area (Å²) in [7, 11) is -5.05. The molecule has 2 aliphatic rings. The number of hydrogen-bond acceptors (Lipinski definition) is 15. The Morgan fingerprint density at radius 3 is 2.33 bits per heavy atom. The van der Waals surface area contributed by atoms with Crippen molar-refractivity contribution < 1.29 is 90.6 Å². The van der Waals surface area contributed by atoms with Crippen molar-refractivity contribution in [2.45, 2.75) is 43.7 Å². The fourth-order valence-corrected chi connectivity index (χ4v) is 4.36. The molecule has 1 aromatic heterocycles. The van der Waals surface area contributed by atoms with Gasteiger partial charge in [-0.05, 0) is 12.1 Å². The first-order valence-corrected chi connectivity index (χ1v) is 14.3. The van der Waals surface area contributed by atoms with Gasteiger partial charge in [0, 0.05) is 24.1 Å². The number of carbonyl (C=O) groups excluding carboxylic acids is 2. The van der Waals surface area contributed by atoms with E-state index in [4.69, 9.17) is 18.9 Å². The van der Waals surface area contributed by atoms with E-state index in [1.54, 1.807) is 35.1 Å². The molecule has 0 radical (unpaired) electrons. The fraction of sp³-hybridized carbons (Fsp3) is 0.583. The number of ether oxygens (including phenoxy) is 4. The van der Waals surface area contributed by atoms with Gasteiger partial charge < -0.3 is 38.8 Å². The molecule has 43 heavy (non-hydrogen) atoms. The second-order valence-electron chi connectivity index (χ2n) is 9.35. The van der Waals surface area contributed by atoms with Crippen LogP contribution in [0.25, 0.3) is 11.3 Å². The van der Waals surface area contributed by atoms with Gasteiger partial charge in [0.15, 0.2) is 6.29 Å². The third-order valence-corrected chi connectivity index (χ3v) is 6.88. The summed E-state index contributed by atoms with van der Waals surface area (Å²) in [5, 5.41) is 38.0. The smallest absolute Gasteiger partial charge is 0.726 e. The monoisotopic (exact) mass is 638 g/mol. The van der Waals surface area contributed by atoms with Gasteiger partial charge in [-0.3, -0.25) is 18.7 Å². The van der Waals surface area contributed by atoms with Crippen molar-refractivity contribution in [1.82, 2.24) is 19.9 Å². The van der Waals surface area contributed by atoms with Crippen LogP contribution >= 0.6 is 0 Å². The van der Waals surface area contributed by atoms with E-state index in [0.29, 0.717) is 37.4 Å². The third kappa shape index (κ3) is 10.0. The molecule has 17 nitrogen and oxygen atoms in total. The van der Waals surface area contributed by atoms with E-state index in [1.807, 2.05) is 0 Å². The van der Waals surface area contributed by atoms with Gasteiger partial charge in [-0.2, -0.15) is 0 Å². The van der Waals surface area contributed by atoms with Crippen LogP contribution in [-0.4, -0.2) is 137 Å². The van der Waals surface area contributed by atoms with Gasteiger partial charge in [0.05, 0.1) is 52.4 Å². The van der Waals surface area contributed by atoms with Crippen molar-refractivity contribution in [3.63, 3.8) is 0 Å². The average Bonchev–Trinajstić information content (AvgIpc) is 3.43. The van der Waals surface area contributed by atoms with E-state index in [9.17, 15) is 37.9 Å². The largest absolute Gasteiger partial charge is 1.00 e. The number of carbonyl (C=O) groups is 2. The Labute approximate surface area is 268 Å². The molecule has 19 heteroatoms. The van der Waals surface area contributed by atoms with Crippen LogP contribution in [0.5, 0.6) is 0 Å². The maximum Gasteiger partial charge on any atom is 1.00 e. The van der Waals surface area contributed by atoms with Gasteiger partial charge in [0.1, 0.15) is 30.1 Å². The quantitative estimate of drug-likeness (QED) is 0.0413. The van der Waals surface area contributed by atoms with E-state index >= 15 is 0 Å². The third-order valence-electron chi connectivity index (χ3n) is 6.45. The minimum absolute atomic E-state index is 0. The first kappa shape index (κ1) is 35.6. The normalized spacial score (nSPS) is 24.0. The summed E-state index contributed by atoms with van der Waals surface area (Å²) in [4.78, 5) is 25.0. The van der Waals surface area contributed by atoms with Gasteiger partial charge in [-0.15, -0.1) is 5.10 Å². The van der Waals surface area contributed by atoms with Crippen molar-refractivity contribution >= 4 is 22.2 Å². The van der Waals surface area contributed by atoms with Gasteiger partial charge in [-0.25, -0.2) is 13.1 Å². The second kappa shape index (κ2) is 16.4. The molecule has 5 atom stereocenters. The number of likely N-dealkylation sites (tertiary alicyclic amines) is 1. The maximum atomic E-state index is 12.3. The summed E-state index contributed by atoms with van der Waals surface area (Å²) in [5.41, 5.74) is 1.80. The molecule has 0 spiro atoms. The number of aromatic nitrogens is 3. The number of benzene rings is 1. The summed E-state index contributed by atoms with van der Waals surface area (Å²) in [6.45, 7) is 0.787. The van der Waals surface area contributed by atoms with Crippen LogP contribution in [0.2, 0.25) is 0 Å². The Hall–Kier alpha value is -1.91. The van der Waals surface area contributed by atoms with Crippen molar-refractivity contribution in [2.24, 2.45) is 0 Å². The molecule has 2 amide bonds. The van der Waals surface area contributed by atoms with Crippen LogP contribution in [0.1, 0.15) is 16.8 Å². The Balaban J connectivity index is 0.00000506. The first-order valence-electron chi connectivity index (χ1n) is 13.0. The van der Waals surface area contributed by atoms with Crippen LogP contribution in [0.3, 0.4) is 0 Å². The topological polar surface area (TPSA) is 232 Å². The number of aliphatic hydroxyl groups excluding tert-OH is 3. The number of rotatable bonds is 15. The number of hydrogen-bond donors (Lipinski definition) is 3. The fourth-order valence-electron chi connectivity index (χ4n) is 4.05. The molecule has 2 aromatic rings. The number of nitrogens with zero attached hydrogens (tertiary/aromatic N) is 4. The summed E-state index contributed by atoms with van der Waals surface area (Å²) in [6.07, 6.45) is -5.77. The molecule has 4 rings (SSSR count). The van der Waals surface area contributed by atoms with Crippen LogP contribution < -0.4 is 29.6 Å². The van der Waals surface area contributed by atoms with E-state index < -0.39 is 47.7 Å². The average molecular weight is 639 g/mol. The molecule has 0 bridgehead atoms. The van der Waals surface area contributed by atoms with Crippen molar-refractivity contribution in [2.75, 3.05) is 46.2 Å². The van der Waals surface area contributed by atoms with Crippen molar-refractivity contribution in [3.8, 4) is 11.3 Å². The van der Waals surface area contributed by atoms with Crippen LogP contribution in [0.15, 0.2) is 30.5 Å². The van der Waals surface area contributed by atoms with E-state index in [2.05, 4.69) is 14.5 Å². The molecule has 5 unspecified atom stereocenters. The molecule has 3 heterocycles. The summed E-state index contributed by atoms with van der Waals surface area (Å²) in [5.74, 6) is -0.488. The number of amides is 2. The number of aliphatic hydroxyl groups is 3. The van der Waals surface area contributed by atoms with Gasteiger partial charge >= 0.3 is 29.6 Å². The molecule has 0 aliphatic carbocycles. The zero-order valence-corrected chi connectivity index (χ0v) is 26.1. The number of imide groups is 1. The van der Waals surface area contributed by atoms with E-state index in [1.165, 1.54) is 4.90 Å². The first-order chi connectivity index (χ1) is 20.0. The minimum atomic E-state index is -5.05. The predicted octanol–water partition coefficient (Wildman–Crippen LogP) is -5.34. The van der Waals surface area contributed by atoms with Crippen LogP contribution in [-0.2, 0) is 44.9 Å². The van der Waals surface area contributed by atoms with Gasteiger partial charge in [0.2, 0.25) is 16.3 Å². The molecule has 1 aromatic carbocycles. The van der Waals surface area contributed by atoms with Gasteiger partial charge in [-0.1, -0.05) is 17.3 Å². The summed E-state index contributed by atoms with van der Waals surface area (Å²) in [6, 6.07) is 6.77. The Morgan fingerprint density at radius 2 is 1.70 bits per heavy atom. The molecule has 232 valence electrons. The molecule has 2 fully saturated rings. The van der Waals surface area contributed by atoms with Gasteiger partial charge in [0.25, 0.3) is 5.91 Å². The molecule has 0 saturated carbocycles. The zero-order chi connectivity index (χ0) is 30.3. The zero-order valence-electron chi connectivity index (χ0n) is 23.3. The predicted molar refractivity (Wildman–Crippen MR) is 136 cm³/mol. The summed E-state index contributed by atoms with van der Waals surface area (Å²) < 4.78 is 58.9. The van der Waals surface area contributed by atoms with E-state index in [-0.39, 0.29) is 67.8 Å². The molecule has 2 aliphatic heterocycles. The maximum absolute atomic E-state index is 12.3. The summed E-state index contributed by atoms with van der Waals surface area (Å²) >= 11 is 0. The van der Waals surface area contributed by atoms with Crippen LogP contribution in [0.4, 0.5) is 0 Å². The Kier molecular flexibility index (Phi) is 13.6. The Bertz CT molecular complexity index is 1310. The number of β-lactam (4-membered cyclic amide) rings is 1. The molecule has 3 N–H and O–H groups in total. The SMILES string of the molecule is O=C1CCN1C(=O)c1ccc(-c2cn(CCOCCOCCOC3OC(COS(=O)(=O)[O-])C(O)C(O)C3O)nn2)cc1.[Na+]. The van der Waals surface area contributed by atoms with Crippen molar-refractivity contribution in [1.29, 1.82) is 0 Å². The van der Waals surface area contributed by atoms with E-state index in [0.717, 1.165) is 5.56 Å².